The summed E-state index contributed by atoms with van der Waals surface area (Å²) in [6.07, 6.45) is 2.81. The van der Waals surface area contributed by atoms with Gasteiger partial charge in [0.1, 0.15) is 0 Å². The maximum atomic E-state index is 6.63. The fourth-order valence-corrected chi connectivity index (χ4v) is 2.15. The molecule has 0 aromatic heterocycles. The van der Waals surface area contributed by atoms with Crippen LogP contribution in [0, 0.1) is 0 Å². The molecule has 0 saturated heterocycles. The number of nitrogens with two attached hydrogens (primary N) is 1. The monoisotopic (exact) mass is 225 g/mol. The van der Waals surface area contributed by atoms with Crippen LogP contribution in [0.3, 0.4) is 0 Å². The van der Waals surface area contributed by atoms with Crippen molar-refractivity contribution in [1.29, 1.82) is 0 Å². The van der Waals surface area contributed by atoms with E-state index in [0.717, 1.165) is 19.3 Å². The van der Waals surface area contributed by atoms with Gasteiger partial charge in [0, 0.05) is 0 Å². The van der Waals surface area contributed by atoms with Crippen molar-refractivity contribution in [2.45, 2.75) is 38.0 Å². The highest BCUT2D eigenvalue weighted by molar-refractivity contribution is 6.24. The maximum Gasteiger partial charge on any atom is 0.0692 e. The number of rotatable bonds is 5. The number of halogens is 1. The van der Waals surface area contributed by atoms with E-state index in [1.54, 1.807) is 0 Å². The molecule has 84 valence electrons. The van der Waals surface area contributed by atoms with Crippen LogP contribution in [0.25, 0.3) is 0 Å². The van der Waals surface area contributed by atoms with Gasteiger partial charge in [0.05, 0.1) is 4.87 Å². The van der Waals surface area contributed by atoms with Crippen LogP contribution in [0.4, 0.5) is 0 Å². The van der Waals surface area contributed by atoms with Crippen molar-refractivity contribution in [3.63, 3.8) is 0 Å². The lowest BCUT2D eigenvalue weighted by molar-refractivity contribution is 0.560. The Kier molecular flexibility index (Phi) is 4.62. The van der Waals surface area contributed by atoms with E-state index in [-0.39, 0.29) is 4.87 Å². The molecule has 1 aromatic rings. The van der Waals surface area contributed by atoms with Gasteiger partial charge in [-0.2, -0.15) is 0 Å². The average molecular weight is 226 g/mol. The van der Waals surface area contributed by atoms with Gasteiger partial charge >= 0.3 is 0 Å². The van der Waals surface area contributed by atoms with Crippen molar-refractivity contribution >= 4 is 11.6 Å². The number of benzene rings is 1. The topological polar surface area (TPSA) is 26.0 Å². The van der Waals surface area contributed by atoms with Gasteiger partial charge in [-0.25, -0.2) is 0 Å². The average Bonchev–Trinajstić information content (AvgIpc) is 2.29. The van der Waals surface area contributed by atoms with E-state index in [9.17, 15) is 0 Å². The zero-order valence-corrected chi connectivity index (χ0v) is 10.3. The second-order valence-electron chi connectivity index (χ2n) is 3.87. The summed E-state index contributed by atoms with van der Waals surface area (Å²) in [6.45, 7) is 4.95. The van der Waals surface area contributed by atoms with Crippen molar-refractivity contribution in [1.82, 2.24) is 0 Å². The lowest BCUT2D eigenvalue weighted by atomic mass is 9.88. The first kappa shape index (κ1) is 12.5. The van der Waals surface area contributed by atoms with Crippen LogP contribution in [0.2, 0.25) is 0 Å². The highest BCUT2D eigenvalue weighted by Gasteiger charge is 2.27. The van der Waals surface area contributed by atoms with Crippen LogP contribution in [0.5, 0.6) is 0 Å². The van der Waals surface area contributed by atoms with E-state index >= 15 is 0 Å². The van der Waals surface area contributed by atoms with Crippen molar-refractivity contribution in [2.24, 2.45) is 5.73 Å². The van der Waals surface area contributed by atoms with Crippen LogP contribution < -0.4 is 5.73 Å². The predicted molar refractivity (Wildman–Crippen MR) is 67.3 cm³/mol. The molecule has 0 bridgehead atoms. The standard InChI is InChI=1S/C13H20ClN/c1-3-13(14,4-2)12-8-6-5-7-11(12)9-10-15/h5-8H,3-4,9-10,15H2,1-2H3. The molecule has 1 rings (SSSR count). The Labute approximate surface area is 97.6 Å². The molecule has 0 aliphatic carbocycles. The summed E-state index contributed by atoms with van der Waals surface area (Å²) < 4.78 is 0. The Morgan fingerprint density at radius 3 is 2.33 bits per heavy atom. The second kappa shape index (κ2) is 5.53. The van der Waals surface area contributed by atoms with Gasteiger partial charge in [0.25, 0.3) is 0 Å². The van der Waals surface area contributed by atoms with Gasteiger partial charge in [0.15, 0.2) is 0 Å². The predicted octanol–water partition coefficient (Wildman–Crippen LogP) is 3.44. The van der Waals surface area contributed by atoms with Crippen molar-refractivity contribution < 1.29 is 0 Å². The fraction of sp³-hybridized carbons (Fsp3) is 0.538. The molecule has 1 aromatic carbocycles. The van der Waals surface area contributed by atoms with E-state index in [0.29, 0.717) is 6.54 Å². The highest BCUT2D eigenvalue weighted by Crippen LogP contribution is 2.37. The molecule has 0 spiro atoms. The van der Waals surface area contributed by atoms with Crippen molar-refractivity contribution in [3.8, 4) is 0 Å². The molecular weight excluding hydrogens is 206 g/mol. The molecule has 0 saturated carbocycles. The van der Waals surface area contributed by atoms with Crippen molar-refractivity contribution in [3.05, 3.63) is 35.4 Å². The molecule has 0 heterocycles. The van der Waals surface area contributed by atoms with Crippen LogP contribution in [-0.2, 0) is 11.3 Å². The molecule has 0 aliphatic rings. The van der Waals surface area contributed by atoms with Crippen LogP contribution in [0.1, 0.15) is 37.8 Å². The van der Waals surface area contributed by atoms with Gasteiger partial charge in [-0.05, 0) is 36.9 Å². The van der Waals surface area contributed by atoms with E-state index in [1.807, 2.05) is 0 Å². The smallest absolute Gasteiger partial charge is 0.0692 e. The van der Waals surface area contributed by atoms with E-state index in [4.69, 9.17) is 17.3 Å². The first-order valence-corrected chi connectivity index (χ1v) is 6.03. The van der Waals surface area contributed by atoms with Gasteiger partial charge in [-0.3, -0.25) is 0 Å². The zero-order valence-electron chi connectivity index (χ0n) is 9.59. The normalized spacial score (nSPS) is 11.7. The SMILES string of the molecule is CCC(Cl)(CC)c1ccccc1CCN. The fourth-order valence-electron chi connectivity index (χ4n) is 1.96. The Balaban J connectivity index is 3.10. The zero-order chi connectivity index (χ0) is 11.3. The molecular formula is C13H20ClN. The summed E-state index contributed by atoms with van der Waals surface area (Å²) in [5.74, 6) is 0. The minimum absolute atomic E-state index is 0.217. The van der Waals surface area contributed by atoms with Gasteiger partial charge in [-0.1, -0.05) is 38.1 Å². The number of hydrogen-bond acceptors (Lipinski definition) is 1. The molecule has 2 heteroatoms. The summed E-state index contributed by atoms with van der Waals surface area (Å²) in [4.78, 5) is -0.217. The molecule has 2 N–H and O–H groups in total. The third kappa shape index (κ3) is 2.73. The Morgan fingerprint density at radius 1 is 1.20 bits per heavy atom. The summed E-state index contributed by atoms with van der Waals surface area (Å²) in [5.41, 5.74) is 8.15. The molecule has 0 amide bonds. The second-order valence-corrected chi connectivity index (χ2v) is 4.59. The molecule has 0 fully saturated rings. The summed E-state index contributed by atoms with van der Waals surface area (Å²) >= 11 is 6.63. The minimum Gasteiger partial charge on any atom is -0.330 e. The third-order valence-corrected chi connectivity index (χ3v) is 3.77. The molecule has 0 aliphatic heterocycles. The third-order valence-electron chi connectivity index (χ3n) is 3.03. The summed E-state index contributed by atoms with van der Waals surface area (Å²) in [6, 6.07) is 8.37. The van der Waals surface area contributed by atoms with Crippen LogP contribution >= 0.6 is 11.6 Å². The Hall–Kier alpha value is -0.530. The lowest BCUT2D eigenvalue weighted by Crippen LogP contribution is -2.19. The van der Waals surface area contributed by atoms with E-state index < -0.39 is 0 Å². The first-order valence-electron chi connectivity index (χ1n) is 5.65. The molecule has 15 heavy (non-hydrogen) atoms. The number of hydrogen-bond donors (Lipinski definition) is 1. The maximum absolute atomic E-state index is 6.63. The van der Waals surface area contributed by atoms with Gasteiger partial charge in [0.2, 0.25) is 0 Å². The number of alkyl halides is 1. The van der Waals surface area contributed by atoms with Crippen LogP contribution in [-0.4, -0.2) is 6.54 Å². The van der Waals surface area contributed by atoms with E-state index in [1.165, 1.54) is 11.1 Å². The summed E-state index contributed by atoms with van der Waals surface area (Å²) in [5, 5.41) is 0. The largest absolute Gasteiger partial charge is 0.330 e. The van der Waals surface area contributed by atoms with E-state index in [2.05, 4.69) is 38.1 Å². The van der Waals surface area contributed by atoms with Gasteiger partial charge < -0.3 is 5.73 Å². The highest BCUT2D eigenvalue weighted by atomic mass is 35.5. The quantitative estimate of drug-likeness (QED) is 0.764. The molecule has 0 atom stereocenters. The summed E-state index contributed by atoms with van der Waals surface area (Å²) in [7, 11) is 0. The molecule has 0 radical (unpaired) electrons. The van der Waals surface area contributed by atoms with Gasteiger partial charge in [-0.15, -0.1) is 11.6 Å². The van der Waals surface area contributed by atoms with Crippen LogP contribution in [0.15, 0.2) is 24.3 Å². The Bertz CT molecular complexity index is 305. The molecule has 0 unspecified atom stereocenters. The molecule has 1 nitrogen and oxygen atoms in total. The Morgan fingerprint density at radius 2 is 1.80 bits per heavy atom. The first-order chi connectivity index (χ1) is 7.18. The van der Waals surface area contributed by atoms with Crippen molar-refractivity contribution in [2.75, 3.05) is 6.54 Å². The lowest BCUT2D eigenvalue weighted by Gasteiger charge is -2.27. The minimum atomic E-state index is -0.217.